The van der Waals surface area contributed by atoms with Crippen LogP contribution in [0.5, 0.6) is 0 Å². The molecule has 0 aliphatic rings. The fraction of sp³-hybridized carbons (Fsp3) is 0.333. The number of hydrazine groups is 1. The molecule has 0 radical (unpaired) electrons. The van der Waals surface area contributed by atoms with Gasteiger partial charge in [-0.1, -0.05) is 6.07 Å². The predicted molar refractivity (Wildman–Crippen MR) is 72.5 cm³/mol. The van der Waals surface area contributed by atoms with E-state index in [1.807, 2.05) is 20.8 Å². The van der Waals surface area contributed by atoms with Crippen LogP contribution < -0.4 is 16.2 Å². The van der Waals surface area contributed by atoms with Crippen molar-refractivity contribution in [3.63, 3.8) is 0 Å². The smallest absolute Gasteiger partial charge is 0.269 e. The molecule has 0 aliphatic heterocycles. The molecular formula is C12H16FN3OS. The topological polar surface area (TPSA) is 53.2 Å². The number of rotatable bonds is 1. The summed E-state index contributed by atoms with van der Waals surface area (Å²) in [6.45, 7) is 5.82. The number of nitrogens with one attached hydrogen (secondary N) is 3. The standard InChI is InChI=1S/C12H16FN3OS/c1-12(2,3)14-11(18)16-15-10(17)8-5-4-6-9(13)7-8/h4-7H,1-3H3,(H,15,17)(H2,14,16,18). The first-order valence-corrected chi connectivity index (χ1v) is 5.83. The lowest BCUT2D eigenvalue weighted by atomic mass is 10.1. The number of carbonyl (C=O) groups is 1. The van der Waals surface area contributed by atoms with Crippen molar-refractivity contribution in [3.8, 4) is 0 Å². The van der Waals surface area contributed by atoms with Gasteiger partial charge in [-0.2, -0.15) is 0 Å². The highest BCUT2D eigenvalue weighted by Crippen LogP contribution is 2.02. The molecule has 4 nitrogen and oxygen atoms in total. The molecule has 0 aliphatic carbocycles. The molecule has 0 unspecified atom stereocenters. The predicted octanol–water partition coefficient (Wildman–Crippen LogP) is 1.73. The minimum absolute atomic E-state index is 0.201. The van der Waals surface area contributed by atoms with Crippen molar-refractivity contribution >= 4 is 23.2 Å². The Labute approximate surface area is 111 Å². The van der Waals surface area contributed by atoms with Crippen LogP contribution in [0, 0.1) is 5.82 Å². The summed E-state index contributed by atoms with van der Waals surface area (Å²) >= 11 is 4.99. The molecule has 1 amide bonds. The Hall–Kier alpha value is -1.69. The molecule has 1 rings (SSSR count). The van der Waals surface area contributed by atoms with Crippen LogP contribution in [0.3, 0.4) is 0 Å². The summed E-state index contributed by atoms with van der Waals surface area (Å²) in [5, 5.41) is 3.27. The highest BCUT2D eigenvalue weighted by Gasteiger charge is 2.12. The molecule has 6 heteroatoms. The molecule has 0 heterocycles. The van der Waals surface area contributed by atoms with Gasteiger partial charge in [-0.05, 0) is 51.2 Å². The SMILES string of the molecule is CC(C)(C)NC(=S)NNC(=O)c1cccc(F)c1. The summed E-state index contributed by atoms with van der Waals surface area (Å²) in [4.78, 5) is 11.6. The summed E-state index contributed by atoms with van der Waals surface area (Å²) in [5.41, 5.74) is 4.97. The van der Waals surface area contributed by atoms with Gasteiger partial charge in [-0.25, -0.2) is 4.39 Å². The summed E-state index contributed by atoms with van der Waals surface area (Å²) in [6, 6.07) is 5.41. The zero-order valence-electron chi connectivity index (χ0n) is 10.5. The molecule has 1 aromatic rings. The van der Waals surface area contributed by atoms with Gasteiger partial charge in [0, 0.05) is 11.1 Å². The van der Waals surface area contributed by atoms with E-state index in [9.17, 15) is 9.18 Å². The zero-order chi connectivity index (χ0) is 13.8. The lowest BCUT2D eigenvalue weighted by Crippen LogP contribution is -2.52. The second kappa shape index (κ2) is 5.77. The van der Waals surface area contributed by atoms with Crippen molar-refractivity contribution < 1.29 is 9.18 Å². The van der Waals surface area contributed by atoms with E-state index in [2.05, 4.69) is 16.2 Å². The van der Waals surface area contributed by atoms with Gasteiger partial charge in [0.25, 0.3) is 5.91 Å². The van der Waals surface area contributed by atoms with Crippen molar-refractivity contribution in [1.29, 1.82) is 0 Å². The molecule has 0 saturated heterocycles. The number of hydrogen-bond acceptors (Lipinski definition) is 2. The second-order valence-corrected chi connectivity index (χ2v) is 5.20. The molecule has 0 spiro atoms. The number of thiocarbonyl (C=S) groups is 1. The Morgan fingerprint density at radius 1 is 1.28 bits per heavy atom. The van der Waals surface area contributed by atoms with E-state index < -0.39 is 11.7 Å². The van der Waals surface area contributed by atoms with Gasteiger partial charge in [-0.15, -0.1) is 0 Å². The van der Waals surface area contributed by atoms with E-state index in [4.69, 9.17) is 12.2 Å². The second-order valence-electron chi connectivity index (χ2n) is 4.79. The monoisotopic (exact) mass is 269 g/mol. The lowest BCUT2D eigenvalue weighted by Gasteiger charge is -2.23. The van der Waals surface area contributed by atoms with Crippen LogP contribution in [0.4, 0.5) is 4.39 Å². The molecule has 0 saturated carbocycles. The Morgan fingerprint density at radius 3 is 2.50 bits per heavy atom. The number of hydrogen-bond donors (Lipinski definition) is 3. The maximum Gasteiger partial charge on any atom is 0.269 e. The maximum absolute atomic E-state index is 12.9. The van der Waals surface area contributed by atoms with Crippen LogP contribution in [0.2, 0.25) is 0 Å². The third kappa shape index (κ3) is 5.09. The Balaban J connectivity index is 2.49. The van der Waals surface area contributed by atoms with Crippen LogP contribution in [0.25, 0.3) is 0 Å². The summed E-state index contributed by atoms with van der Waals surface area (Å²) in [6.07, 6.45) is 0. The van der Waals surface area contributed by atoms with Crippen LogP contribution in [-0.4, -0.2) is 16.6 Å². The number of benzene rings is 1. The Bertz CT molecular complexity index is 457. The first-order chi connectivity index (χ1) is 8.28. The van der Waals surface area contributed by atoms with E-state index in [1.54, 1.807) is 0 Å². The summed E-state index contributed by atoms with van der Waals surface area (Å²) < 4.78 is 12.9. The van der Waals surface area contributed by atoms with Gasteiger partial charge in [0.1, 0.15) is 5.82 Å². The minimum Gasteiger partial charge on any atom is -0.357 e. The number of halogens is 1. The van der Waals surface area contributed by atoms with Crippen molar-refractivity contribution in [3.05, 3.63) is 35.6 Å². The van der Waals surface area contributed by atoms with E-state index in [0.717, 1.165) is 6.07 Å². The molecule has 0 fully saturated rings. The normalized spacial score (nSPS) is 10.7. The highest BCUT2D eigenvalue weighted by atomic mass is 32.1. The molecular weight excluding hydrogens is 253 g/mol. The van der Waals surface area contributed by atoms with Gasteiger partial charge in [-0.3, -0.25) is 15.6 Å². The quantitative estimate of drug-likeness (QED) is 0.537. The third-order valence-electron chi connectivity index (χ3n) is 1.86. The first kappa shape index (κ1) is 14.4. The van der Waals surface area contributed by atoms with Crippen molar-refractivity contribution in [2.24, 2.45) is 0 Å². The van der Waals surface area contributed by atoms with Crippen LogP contribution in [0.1, 0.15) is 31.1 Å². The molecule has 3 N–H and O–H groups in total. The molecule has 0 atom stereocenters. The molecule has 98 valence electrons. The lowest BCUT2D eigenvalue weighted by molar-refractivity contribution is 0.0943. The third-order valence-corrected chi connectivity index (χ3v) is 2.07. The average Bonchev–Trinajstić information content (AvgIpc) is 2.23. The van der Waals surface area contributed by atoms with Crippen molar-refractivity contribution in [2.45, 2.75) is 26.3 Å². The van der Waals surface area contributed by atoms with Gasteiger partial charge >= 0.3 is 0 Å². The van der Waals surface area contributed by atoms with Gasteiger partial charge < -0.3 is 5.32 Å². The summed E-state index contributed by atoms with van der Waals surface area (Å²) in [5.74, 6) is -0.911. The van der Waals surface area contributed by atoms with Crippen LogP contribution in [-0.2, 0) is 0 Å². The fourth-order valence-corrected chi connectivity index (χ4v) is 1.54. The van der Waals surface area contributed by atoms with Crippen molar-refractivity contribution in [1.82, 2.24) is 16.2 Å². The van der Waals surface area contributed by atoms with Crippen LogP contribution >= 0.6 is 12.2 Å². The number of amides is 1. The van der Waals surface area contributed by atoms with Crippen LogP contribution in [0.15, 0.2) is 24.3 Å². The van der Waals surface area contributed by atoms with Gasteiger partial charge in [0.05, 0.1) is 0 Å². The molecule has 18 heavy (non-hydrogen) atoms. The molecule has 1 aromatic carbocycles. The fourth-order valence-electron chi connectivity index (χ4n) is 1.19. The molecule has 0 aromatic heterocycles. The average molecular weight is 269 g/mol. The first-order valence-electron chi connectivity index (χ1n) is 5.42. The van der Waals surface area contributed by atoms with Gasteiger partial charge in [0.2, 0.25) is 0 Å². The number of carbonyl (C=O) groups excluding carboxylic acids is 1. The van der Waals surface area contributed by atoms with E-state index >= 15 is 0 Å². The van der Waals surface area contributed by atoms with Crippen molar-refractivity contribution in [2.75, 3.05) is 0 Å². The highest BCUT2D eigenvalue weighted by molar-refractivity contribution is 7.80. The van der Waals surface area contributed by atoms with E-state index in [-0.39, 0.29) is 11.1 Å². The largest absolute Gasteiger partial charge is 0.357 e. The molecule has 0 bridgehead atoms. The van der Waals surface area contributed by atoms with E-state index in [0.29, 0.717) is 5.11 Å². The summed E-state index contributed by atoms with van der Waals surface area (Å²) in [7, 11) is 0. The Kier molecular flexibility index (Phi) is 4.61. The maximum atomic E-state index is 12.9. The van der Waals surface area contributed by atoms with Gasteiger partial charge in [0.15, 0.2) is 5.11 Å². The van der Waals surface area contributed by atoms with E-state index in [1.165, 1.54) is 18.2 Å². The minimum atomic E-state index is -0.460. The zero-order valence-corrected chi connectivity index (χ0v) is 11.3. The Morgan fingerprint density at radius 2 is 1.94 bits per heavy atom.